The standard InChI is InChI=1S/C14H14N4O8S/c1-24-10-7-11(25-2)16-13(15-10)17-14(21)18-27(22,23)26-9-6-4-3-5-8(9)12(19)20/h3-7H,1-2H3,(H,19,20)(H2,15,16,17,18,21). The highest BCUT2D eigenvalue weighted by Gasteiger charge is 2.21. The van der Waals surface area contributed by atoms with Crippen molar-refractivity contribution in [3.63, 3.8) is 0 Å². The minimum absolute atomic E-state index is 0.0617. The number of ether oxygens (including phenoxy) is 2. The second-order valence-corrected chi connectivity index (χ2v) is 5.95. The van der Waals surface area contributed by atoms with E-state index in [1.54, 1.807) is 0 Å². The van der Waals surface area contributed by atoms with Crippen molar-refractivity contribution in [2.24, 2.45) is 0 Å². The van der Waals surface area contributed by atoms with E-state index in [2.05, 4.69) is 19.5 Å². The maximum Gasteiger partial charge on any atom is 0.411 e. The molecule has 0 aliphatic rings. The van der Waals surface area contributed by atoms with Crippen LogP contribution < -0.4 is 23.7 Å². The summed E-state index contributed by atoms with van der Waals surface area (Å²) in [6, 6.07) is 5.11. The van der Waals surface area contributed by atoms with Crippen LogP contribution >= 0.6 is 0 Å². The van der Waals surface area contributed by atoms with E-state index in [4.69, 9.17) is 14.6 Å². The predicted octanol–water partition coefficient (Wildman–Crippen LogP) is 0.637. The van der Waals surface area contributed by atoms with Gasteiger partial charge in [-0.1, -0.05) is 12.1 Å². The Morgan fingerprint density at radius 1 is 1.07 bits per heavy atom. The molecule has 13 heteroatoms. The third kappa shape index (κ3) is 5.43. The van der Waals surface area contributed by atoms with E-state index in [1.807, 2.05) is 0 Å². The molecule has 1 aromatic carbocycles. The lowest BCUT2D eigenvalue weighted by Crippen LogP contribution is -2.37. The zero-order chi connectivity index (χ0) is 20.0. The van der Waals surface area contributed by atoms with Crippen LogP contribution in [0.15, 0.2) is 30.3 Å². The zero-order valence-electron chi connectivity index (χ0n) is 14.0. The molecule has 12 nitrogen and oxygen atoms in total. The molecule has 0 bridgehead atoms. The van der Waals surface area contributed by atoms with E-state index in [9.17, 15) is 18.0 Å². The number of nitrogens with zero attached hydrogens (tertiary/aromatic N) is 2. The van der Waals surface area contributed by atoms with Crippen molar-refractivity contribution in [2.45, 2.75) is 0 Å². The number of urea groups is 1. The number of para-hydroxylation sites is 1. The highest BCUT2D eigenvalue weighted by Crippen LogP contribution is 2.20. The SMILES string of the molecule is COc1cc(OC)nc(NC(=O)NS(=O)(=O)Oc2ccccc2C(=O)O)n1. The van der Waals surface area contributed by atoms with Gasteiger partial charge < -0.3 is 18.8 Å². The maximum atomic E-state index is 11.9. The van der Waals surface area contributed by atoms with Crippen molar-refractivity contribution in [3.05, 3.63) is 35.9 Å². The molecular weight excluding hydrogens is 384 g/mol. The monoisotopic (exact) mass is 398 g/mol. The van der Waals surface area contributed by atoms with Crippen LogP contribution in [0.4, 0.5) is 10.7 Å². The van der Waals surface area contributed by atoms with E-state index in [0.29, 0.717) is 0 Å². The lowest BCUT2D eigenvalue weighted by molar-refractivity contribution is 0.0695. The Balaban J connectivity index is 2.12. The van der Waals surface area contributed by atoms with Crippen LogP contribution in [-0.4, -0.2) is 49.7 Å². The summed E-state index contributed by atoms with van der Waals surface area (Å²) < 4.78 is 39.8. The summed E-state index contributed by atoms with van der Waals surface area (Å²) in [5.41, 5.74) is -0.399. The van der Waals surface area contributed by atoms with Gasteiger partial charge in [0.25, 0.3) is 0 Å². The minimum atomic E-state index is -4.68. The smallest absolute Gasteiger partial charge is 0.411 e. The summed E-state index contributed by atoms with van der Waals surface area (Å²) in [5, 5.41) is 11.1. The second-order valence-electron chi connectivity index (χ2n) is 4.67. The molecule has 0 aliphatic heterocycles. The first-order valence-corrected chi connectivity index (χ1v) is 8.47. The molecule has 2 amide bonds. The number of aromatic nitrogens is 2. The predicted molar refractivity (Wildman–Crippen MR) is 90.2 cm³/mol. The number of benzene rings is 1. The van der Waals surface area contributed by atoms with E-state index < -0.39 is 33.6 Å². The van der Waals surface area contributed by atoms with Crippen molar-refractivity contribution in [2.75, 3.05) is 19.5 Å². The molecule has 0 saturated heterocycles. The fraction of sp³-hybridized carbons (Fsp3) is 0.143. The number of hydrogen-bond donors (Lipinski definition) is 3. The van der Waals surface area contributed by atoms with Crippen molar-refractivity contribution >= 4 is 28.3 Å². The van der Waals surface area contributed by atoms with Gasteiger partial charge >= 0.3 is 22.3 Å². The molecule has 27 heavy (non-hydrogen) atoms. The first-order chi connectivity index (χ1) is 12.7. The van der Waals surface area contributed by atoms with Crippen molar-refractivity contribution < 1.29 is 36.8 Å². The number of aromatic carboxylic acids is 1. The molecule has 0 aliphatic carbocycles. The van der Waals surface area contributed by atoms with Gasteiger partial charge in [0.1, 0.15) is 5.56 Å². The number of nitrogens with one attached hydrogen (secondary N) is 2. The quantitative estimate of drug-likeness (QED) is 0.602. The van der Waals surface area contributed by atoms with Gasteiger partial charge in [0.2, 0.25) is 17.7 Å². The Kier molecular flexibility index (Phi) is 5.97. The number of anilines is 1. The van der Waals surface area contributed by atoms with Gasteiger partial charge in [0.15, 0.2) is 5.75 Å². The maximum absolute atomic E-state index is 11.9. The number of amides is 2. The second kappa shape index (κ2) is 8.18. The Labute approximate surface area is 153 Å². The summed E-state index contributed by atoms with van der Waals surface area (Å²) in [6.07, 6.45) is 0. The number of carboxylic acids is 1. The zero-order valence-corrected chi connectivity index (χ0v) is 14.8. The molecular formula is C14H14N4O8S. The Morgan fingerprint density at radius 3 is 2.22 bits per heavy atom. The lowest BCUT2D eigenvalue weighted by atomic mass is 10.2. The molecule has 3 N–H and O–H groups in total. The first-order valence-electron chi connectivity index (χ1n) is 7.06. The van der Waals surface area contributed by atoms with Gasteiger partial charge in [-0.3, -0.25) is 5.32 Å². The summed E-state index contributed by atoms with van der Waals surface area (Å²) in [6.45, 7) is 0. The summed E-state index contributed by atoms with van der Waals surface area (Å²) in [5.74, 6) is -2.05. The fourth-order valence-corrected chi connectivity index (χ4v) is 2.47. The number of carbonyl (C=O) groups is 2. The molecule has 144 valence electrons. The Hall–Kier alpha value is -3.61. The topological polar surface area (TPSA) is 166 Å². The van der Waals surface area contributed by atoms with Crippen molar-refractivity contribution in [1.29, 1.82) is 0 Å². The molecule has 0 fully saturated rings. The van der Waals surface area contributed by atoms with E-state index in [1.165, 1.54) is 37.1 Å². The van der Waals surface area contributed by atoms with Gasteiger partial charge in [-0.15, -0.1) is 0 Å². The normalized spacial score (nSPS) is 10.6. The van der Waals surface area contributed by atoms with E-state index in [-0.39, 0.29) is 17.7 Å². The van der Waals surface area contributed by atoms with E-state index in [0.717, 1.165) is 12.1 Å². The van der Waals surface area contributed by atoms with Crippen LogP contribution in [0.3, 0.4) is 0 Å². The van der Waals surface area contributed by atoms with Crippen LogP contribution in [0.25, 0.3) is 0 Å². The van der Waals surface area contributed by atoms with Gasteiger partial charge in [-0.25, -0.2) is 14.3 Å². The highest BCUT2D eigenvalue weighted by atomic mass is 32.2. The number of hydrogen-bond acceptors (Lipinski definition) is 9. The van der Waals surface area contributed by atoms with Crippen LogP contribution in [0, 0.1) is 0 Å². The molecule has 2 rings (SSSR count). The molecule has 0 spiro atoms. The molecule has 0 radical (unpaired) electrons. The fourth-order valence-electron chi connectivity index (χ4n) is 1.76. The van der Waals surface area contributed by atoms with Gasteiger partial charge in [-0.2, -0.15) is 18.4 Å². The third-order valence-electron chi connectivity index (χ3n) is 2.86. The molecule has 1 aromatic heterocycles. The van der Waals surface area contributed by atoms with Crippen molar-refractivity contribution in [1.82, 2.24) is 14.7 Å². The number of carboxylic acid groups (broad SMARTS) is 1. The average Bonchev–Trinajstić information content (AvgIpc) is 2.60. The highest BCUT2D eigenvalue weighted by molar-refractivity contribution is 7.85. The van der Waals surface area contributed by atoms with Crippen LogP contribution in [-0.2, 0) is 10.3 Å². The molecule has 0 unspecified atom stereocenters. The molecule has 2 aromatic rings. The van der Waals surface area contributed by atoms with Gasteiger partial charge in [0.05, 0.1) is 20.3 Å². The summed E-state index contributed by atoms with van der Waals surface area (Å²) in [4.78, 5) is 30.5. The number of methoxy groups -OCH3 is 2. The Bertz CT molecular complexity index is 941. The molecule has 1 heterocycles. The van der Waals surface area contributed by atoms with Crippen LogP contribution in [0.5, 0.6) is 17.5 Å². The minimum Gasteiger partial charge on any atom is -0.481 e. The van der Waals surface area contributed by atoms with Crippen molar-refractivity contribution in [3.8, 4) is 17.5 Å². The summed E-state index contributed by atoms with van der Waals surface area (Å²) >= 11 is 0. The van der Waals surface area contributed by atoms with Crippen LogP contribution in [0.2, 0.25) is 0 Å². The molecule has 0 saturated carbocycles. The molecule has 0 atom stereocenters. The largest absolute Gasteiger partial charge is 0.481 e. The lowest BCUT2D eigenvalue weighted by Gasteiger charge is -2.11. The average molecular weight is 398 g/mol. The first kappa shape index (κ1) is 19.7. The van der Waals surface area contributed by atoms with Gasteiger partial charge in [-0.05, 0) is 12.1 Å². The van der Waals surface area contributed by atoms with E-state index >= 15 is 0 Å². The third-order valence-corrected chi connectivity index (χ3v) is 3.69. The Morgan fingerprint density at radius 2 is 1.67 bits per heavy atom. The van der Waals surface area contributed by atoms with Crippen LogP contribution in [0.1, 0.15) is 10.4 Å². The number of carbonyl (C=O) groups excluding carboxylic acids is 1. The van der Waals surface area contributed by atoms with Gasteiger partial charge in [0, 0.05) is 0 Å². The number of rotatable bonds is 7. The summed E-state index contributed by atoms with van der Waals surface area (Å²) in [7, 11) is -2.04.